The molecule has 1 aromatic carbocycles. The highest BCUT2D eigenvalue weighted by Crippen LogP contribution is 2.12. The van der Waals surface area contributed by atoms with Crippen LogP contribution in [-0.2, 0) is 6.54 Å². The van der Waals surface area contributed by atoms with E-state index in [0.717, 1.165) is 5.56 Å². The van der Waals surface area contributed by atoms with Crippen LogP contribution in [0.1, 0.15) is 18.5 Å². The van der Waals surface area contributed by atoms with E-state index in [1.807, 2.05) is 13.0 Å². The van der Waals surface area contributed by atoms with E-state index in [2.05, 4.69) is 5.32 Å². The number of halogens is 1. The van der Waals surface area contributed by atoms with Crippen molar-refractivity contribution in [3.8, 4) is 0 Å². The standard InChI is InChI=1S/C15H17FN2O/c1-12(13-5-7-14(16)8-6-13)17-9-11-18-10-3-2-4-15(18)19/h2-8,10,12,17H,9,11H2,1H3/t12-/m1/s1. The Morgan fingerprint density at radius 2 is 1.95 bits per heavy atom. The monoisotopic (exact) mass is 260 g/mol. The summed E-state index contributed by atoms with van der Waals surface area (Å²) in [6.07, 6.45) is 1.77. The summed E-state index contributed by atoms with van der Waals surface area (Å²) in [5.41, 5.74) is 1.03. The van der Waals surface area contributed by atoms with Crippen LogP contribution < -0.4 is 10.9 Å². The molecule has 0 saturated carbocycles. The highest BCUT2D eigenvalue weighted by molar-refractivity contribution is 5.19. The predicted molar refractivity (Wildman–Crippen MR) is 73.5 cm³/mol. The summed E-state index contributed by atoms with van der Waals surface area (Å²) in [6, 6.07) is 11.7. The molecule has 0 spiro atoms. The van der Waals surface area contributed by atoms with Gasteiger partial charge in [-0.2, -0.15) is 0 Å². The fourth-order valence-corrected chi connectivity index (χ4v) is 1.92. The topological polar surface area (TPSA) is 34.0 Å². The van der Waals surface area contributed by atoms with Gasteiger partial charge in [0.1, 0.15) is 5.82 Å². The maximum atomic E-state index is 12.8. The minimum Gasteiger partial charge on any atom is -0.314 e. The molecular formula is C15H17FN2O. The molecule has 1 aromatic heterocycles. The van der Waals surface area contributed by atoms with Gasteiger partial charge in [-0.05, 0) is 30.7 Å². The predicted octanol–water partition coefficient (Wildman–Crippen LogP) is 2.34. The van der Waals surface area contributed by atoms with Crippen LogP contribution in [0.25, 0.3) is 0 Å². The first-order valence-corrected chi connectivity index (χ1v) is 6.31. The van der Waals surface area contributed by atoms with Crippen molar-refractivity contribution < 1.29 is 4.39 Å². The first-order valence-electron chi connectivity index (χ1n) is 6.31. The van der Waals surface area contributed by atoms with E-state index >= 15 is 0 Å². The Hall–Kier alpha value is -1.94. The van der Waals surface area contributed by atoms with Gasteiger partial charge in [0.15, 0.2) is 0 Å². The number of hydrogen-bond donors (Lipinski definition) is 1. The molecule has 4 heteroatoms. The number of rotatable bonds is 5. The third kappa shape index (κ3) is 3.76. The van der Waals surface area contributed by atoms with Crippen molar-refractivity contribution in [3.63, 3.8) is 0 Å². The van der Waals surface area contributed by atoms with Crippen LogP contribution in [0.5, 0.6) is 0 Å². The molecule has 2 aromatic rings. The van der Waals surface area contributed by atoms with Crippen LogP contribution in [-0.4, -0.2) is 11.1 Å². The number of nitrogens with one attached hydrogen (secondary N) is 1. The molecule has 0 bridgehead atoms. The lowest BCUT2D eigenvalue weighted by Crippen LogP contribution is -2.27. The smallest absolute Gasteiger partial charge is 0.250 e. The molecule has 0 radical (unpaired) electrons. The molecule has 0 fully saturated rings. The van der Waals surface area contributed by atoms with Crippen LogP contribution in [0, 0.1) is 5.82 Å². The summed E-state index contributed by atoms with van der Waals surface area (Å²) in [7, 11) is 0. The highest BCUT2D eigenvalue weighted by Gasteiger charge is 2.04. The Balaban J connectivity index is 1.87. The number of pyridine rings is 1. The summed E-state index contributed by atoms with van der Waals surface area (Å²) in [5, 5.41) is 3.31. The zero-order chi connectivity index (χ0) is 13.7. The molecule has 0 unspecified atom stereocenters. The summed E-state index contributed by atoms with van der Waals surface area (Å²) in [6.45, 7) is 3.31. The van der Waals surface area contributed by atoms with Gasteiger partial charge in [-0.25, -0.2) is 4.39 Å². The van der Waals surface area contributed by atoms with Crippen molar-refractivity contribution in [1.29, 1.82) is 0 Å². The quantitative estimate of drug-likeness (QED) is 0.895. The number of aromatic nitrogens is 1. The largest absolute Gasteiger partial charge is 0.314 e. The molecule has 0 aliphatic carbocycles. The summed E-state index contributed by atoms with van der Waals surface area (Å²) >= 11 is 0. The van der Waals surface area contributed by atoms with E-state index in [9.17, 15) is 9.18 Å². The molecule has 1 N–H and O–H groups in total. The molecule has 0 saturated heterocycles. The van der Waals surface area contributed by atoms with E-state index < -0.39 is 0 Å². The van der Waals surface area contributed by atoms with E-state index in [1.54, 1.807) is 35.0 Å². The van der Waals surface area contributed by atoms with Crippen molar-refractivity contribution in [2.45, 2.75) is 19.5 Å². The third-order valence-corrected chi connectivity index (χ3v) is 3.07. The van der Waals surface area contributed by atoms with Crippen LogP contribution in [0.2, 0.25) is 0 Å². The fraction of sp³-hybridized carbons (Fsp3) is 0.267. The van der Waals surface area contributed by atoms with Gasteiger partial charge in [-0.3, -0.25) is 4.79 Å². The normalized spacial score (nSPS) is 12.3. The van der Waals surface area contributed by atoms with E-state index in [1.165, 1.54) is 12.1 Å². The Morgan fingerprint density at radius 3 is 2.63 bits per heavy atom. The zero-order valence-electron chi connectivity index (χ0n) is 10.8. The van der Waals surface area contributed by atoms with Gasteiger partial charge in [-0.1, -0.05) is 18.2 Å². The summed E-state index contributed by atoms with van der Waals surface area (Å²) in [5.74, 6) is -0.230. The third-order valence-electron chi connectivity index (χ3n) is 3.07. The Bertz CT molecular complexity index is 577. The summed E-state index contributed by atoms with van der Waals surface area (Å²) in [4.78, 5) is 11.5. The van der Waals surface area contributed by atoms with Crippen molar-refractivity contribution in [2.75, 3.05) is 6.54 Å². The van der Waals surface area contributed by atoms with Gasteiger partial charge in [-0.15, -0.1) is 0 Å². The second-order valence-electron chi connectivity index (χ2n) is 4.46. The van der Waals surface area contributed by atoms with Crippen LogP contribution in [0.15, 0.2) is 53.5 Å². The lowest BCUT2D eigenvalue weighted by Gasteiger charge is -2.14. The molecule has 0 aliphatic heterocycles. The summed E-state index contributed by atoms with van der Waals surface area (Å²) < 4.78 is 14.5. The first-order chi connectivity index (χ1) is 9.16. The molecule has 19 heavy (non-hydrogen) atoms. The molecule has 1 heterocycles. The van der Waals surface area contributed by atoms with E-state index in [0.29, 0.717) is 13.1 Å². The number of benzene rings is 1. The Kier molecular flexibility index (Phi) is 4.47. The molecule has 100 valence electrons. The van der Waals surface area contributed by atoms with Crippen molar-refractivity contribution in [3.05, 3.63) is 70.4 Å². The average molecular weight is 260 g/mol. The van der Waals surface area contributed by atoms with Crippen LogP contribution >= 0.6 is 0 Å². The minimum absolute atomic E-state index is 0.00117. The van der Waals surface area contributed by atoms with Gasteiger partial charge in [0, 0.05) is 31.4 Å². The Labute approximate surface area is 111 Å². The minimum atomic E-state index is -0.230. The maximum absolute atomic E-state index is 12.8. The van der Waals surface area contributed by atoms with Crippen molar-refractivity contribution in [1.82, 2.24) is 9.88 Å². The number of nitrogens with zero attached hydrogens (tertiary/aromatic N) is 1. The van der Waals surface area contributed by atoms with Crippen LogP contribution in [0.4, 0.5) is 4.39 Å². The molecule has 0 aliphatic rings. The van der Waals surface area contributed by atoms with E-state index in [-0.39, 0.29) is 17.4 Å². The zero-order valence-corrected chi connectivity index (χ0v) is 10.8. The van der Waals surface area contributed by atoms with Gasteiger partial charge in [0.05, 0.1) is 0 Å². The Morgan fingerprint density at radius 1 is 1.21 bits per heavy atom. The lowest BCUT2D eigenvalue weighted by molar-refractivity contribution is 0.523. The number of hydrogen-bond acceptors (Lipinski definition) is 2. The van der Waals surface area contributed by atoms with E-state index in [4.69, 9.17) is 0 Å². The van der Waals surface area contributed by atoms with Gasteiger partial charge < -0.3 is 9.88 Å². The first kappa shape index (κ1) is 13.5. The molecule has 3 nitrogen and oxygen atoms in total. The fourth-order valence-electron chi connectivity index (χ4n) is 1.92. The maximum Gasteiger partial charge on any atom is 0.250 e. The average Bonchev–Trinajstić information content (AvgIpc) is 2.41. The molecule has 1 atom stereocenters. The van der Waals surface area contributed by atoms with Gasteiger partial charge in [0.25, 0.3) is 5.56 Å². The highest BCUT2D eigenvalue weighted by atomic mass is 19.1. The SMILES string of the molecule is C[C@@H](NCCn1ccccc1=O)c1ccc(F)cc1. The molecule has 2 rings (SSSR count). The molecule has 0 amide bonds. The van der Waals surface area contributed by atoms with Gasteiger partial charge in [0.2, 0.25) is 0 Å². The van der Waals surface area contributed by atoms with Crippen molar-refractivity contribution >= 4 is 0 Å². The lowest BCUT2D eigenvalue weighted by atomic mass is 10.1. The van der Waals surface area contributed by atoms with Gasteiger partial charge >= 0.3 is 0 Å². The second kappa shape index (κ2) is 6.29. The van der Waals surface area contributed by atoms with Crippen LogP contribution in [0.3, 0.4) is 0 Å². The molecular weight excluding hydrogens is 243 g/mol. The van der Waals surface area contributed by atoms with Crippen molar-refractivity contribution in [2.24, 2.45) is 0 Å². The second-order valence-corrected chi connectivity index (χ2v) is 4.46.